The van der Waals surface area contributed by atoms with Gasteiger partial charge < -0.3 is 20.3 Å². The Morgan fingerprint density at radius 3 is 2.76 bits per heavy atom. The van der Waals surface area contributed by atoms with Gasteiger partial charge in [-0.2, -0.15) is 0 Å². The third-order valence-corrected chi connectivity index (χ3v) is 7.13. The van der Waals surface area contributed by atoms with Gasteiger partial charge in [0.05, 0.1) is 29.4 Å². The van der Waals surface area contributed by atoms with Gasteiger partial charge in [0.25, 0.3) is 5.56 Å². The summed E-state index contributed by atoms with van der Waals surface area (Å²) in [6.07, 6.45) is 1.77. The van der Waals surface area contributed by atoms with E-state index in [1.807, 2.05) is 13.0 Å². The number of fused-ring (bicyclic) bond motifs is 2. The summed E-state index contributed by atoms with van der Waals surface area (Å²) in [7, 11) is 0. The van der Waals surface area contributed by atoms with Gasteiger partial charge >= 0.3 is 0 Å². The topological polar surface area (TPSA) is 85.4 Å². The van der Waals surface area contributed by atoms with Crippen LogP contribution in [0.5, 0.6) is 0 Å². The van der Waals surface area contributed by atoms with Crippen molar-refractivity contribution < 1.29 is 14.3 Å². The van der Waals surface area contributed by atoms with E-state index in [-0.39, 0.29) is 29.6 Å². The van der Waals surface area contributed by atoms with Gasteiger partial charge in [0, 0.05) is 16.6 Å². The van der Waals surface area contributed by atoms with Crippen LogP contribution in [-0.2, 0) is 16.8 Å². The Kier molecular flexibility index (Phi) is 5.39. The molecule has 3 aromatic rings. The van der Waals surface area contributed by atoms with Crippen LogP contribution in [0.2, 0.25) is 10.0 Å². The first-order valence-electron chi connectivity index (χ1n) is 10.8. The van der Waals surface area contributed by atoms with Crippen molar-refractivity contribution in [3.05, 3.63) is 73.4 Å². The van der Waals surface area contributed by atoms with E-state index in [2.05, 4.69) is 10.3 Å². The maximum absolute atomic E-state index is 14.7. The molecule has 33 heavy (non-hydrogen) atoms. The van der Waals surface area contributed by atoms with Crippen molar-refractivity contribution in [2.75, 3.05) is 18.4 Å². The molecule has 0 radical (unpaired) electrons. The van der Waals surface area contributed by atoms with E-state index in [1.165, 1.54) is 6.07 Å². The van der Waals surface area contributed by atoms with Crippen molar-refractivity contribution in [1.82, 2.24) is 9.88 Å². The highest BCUT2D eigenvalue weighted by Gasteiger charge is 2.43. The number of carbonyl (C=O) groups is 1. The number of hydrogen-bond donors (Lipinski definition) is 3. The molecule has 1 aliphatic carbocycles. The number of nitrogens with one attached hydrogen (secondary N) is 2. The van der Waals surface area contributed by atoms with Crippen molar-refractivity contribution in [3.8, 4) is 0 Å². The fourth-order valence-electron chi connectivity index (χ4n) is 4.58. The van der Waals surface area contributed by atoms with E-state index >= 15 is 0 Å². The van der Waals surface area contributed by atoms with Crippen molar-refractivity contribution in [2.24, 2.45) is 0 Å². The number of aromatic nitrogens is 1. The summed E-state index contributed by atoms with van der Waals surface area (Å²) in [4.78, 5) is 29.7. The van der Waals surface area contributed by atoms with Crippen LogP contribution in [0.1, 0.15) is 42.6 Å². The fourth-order valence-corrected chi connectivity index (χ4v) is 5.27. The van der Waals surface area contributed by atoms with Gasteiger partial charge in [-0.1, -0.05) is 23.2 Å². The van der Waals surface area contributed by atoms with Gasteiger partial charge in [0.2, 0.25) is 5.91 Å². The summed E-state index contributed by atoms with van der Waals surface area (Å²) < 4.78 is 14.7. The smallest absolute Gasteiger partial charge is 0.256 e. The highest BCUT2D eigenvalue weighted by Crippen LogP contribution is 2.44. The second-order valence-corrected chi connectivity index (χ2v) is 9.63. The number of halogens is 3. The minimum atomic E-state index is -1.02. The largest absolute Gasteiger partial charge is 0.384 e. The van der Waals surface area contributed by atoms with Crippen molar-refractivity contribution in [3.63, 3.8) is 0 Å². The van der Waals surface area contributed by atoms with Crippen molar-refractivity contribution in [2.45, 2.75) is 37.8 Å². The summed E-state index contributed by atoms with van der Waals surface area (Å²) in [6.45, 7) is 2.29. The molecule has 1 saturated carbocycles. The normalized spacial score (nSPS) is 18.8. The van der Waals surface area contributed by atoms with Crippen molar-refractivity contribution >= 4 is 45.6 Å². The average Bonchev–Trinajstić information content (AvgIpc) is 3.51. The zero-order chi connectivity index (χ0) is 23.5. The van der Waals surface area contributed by atoms with E-state index in [1.54, 1.807) is 17.0 Å². The minimum absolute atomic E-state index is 0.116. The predicted octanol–water partition coefficient (Wildman–Crippen LogP) is 4.51. The molecular formula is C24H22Cl2FN3O3. The molecule has 9 heteroatoms. The van der Waals surface area contributed by atoms with Crippen LogP contribution in [0.25, 0.3) is 10.8 Å². The third-order valence-electron chi connectivity index (χ3n) is 6.59. The average molecular weight is 490 g/mol. The number of anilines is 1. The summed E-state index contributed by atoms with van der Waals surface area (Å²) in [6, 6.07) is 7.60. The molecule has 0 spiro atoms. The molecule has 2 aliphatic rings. The first-order valence-corrected chi connectivity index (χ1v) is 11.5. The number of rotatable bonds is 4. The zero-order valence-electron chi connectivity index (χ0n) is 17.8. The molecule has 0 bridgehead atoms. The number of aliphatic hydroxyl groups is 1. The van der Waals surface area contributed by atoms with Crippen LogP contribution in [0, 0.1) is 5.82 Å². The van der Waals surface area contributed by atoms with Crippen LogP contribution in [0.15, 0.2) is 35.1 Å². The summed E-state index contributed by atoms with van der Waals surface area (Å²) in [5.41, 5.74) is 0.967. The maximum atomic E-state index is 14.7. The first-order chi connectivity index (χ1) is 15.7. The molecule has 6 nitrogen and oxygen atoms in total. The molecule has 1 aromatic heterocycles. The number of carbonyl (C=O) groups excluding carboxylic acids is 1. The van der Waals surface area contributed by atoms with E-state index in [9.17, 15) is 19.1 Å². The number of nitrogens with zero attached hydrogens (tertiary/aromatic N) is 1. The quantitative estimate of drug-likeness (QED) is 0.503. The van der Waals surface area contributed by atoms with Gasteiger partial charge in [-0.25, -0.2) is 4.39 Å². The lowest BCUT2D eigenvalue weighted by molar-refractivity contribution is -0.131. The van der Waals surface area contributed by atoms with E-state index in [4.69, 9.17) is 23.2 Å². The van der Waals surface area contributed by atoms with Gasteiger partial charge in [-0.15, -0.1) is 0 Å². The Hall–Kier alpha value is -2.61. The van der Waals surface area contributed by atoms with Crippen LogP contribution in [-0.4, -0.2) is 34.0 Å². The van der Waals surface area contributed by atoms with E-state index < -0.39 is 17.0 Å². The Labute approximate surface area is 199 Å². The summed E-state index contributed by atoms with van der Waals surface area (Å²) in [5, 5.41) is 15.0. The molecule has 1 unspecified atom stereocenters. The van der Waals surface area contributed by atoms with Gasteiger partial charge in [-0.3, -0.25) is 9.59 Å². The van der Waals surface area contributed by atoms with Crippen LogP contribution in [0.3, 0.4) is 0 Å². The molecular weight excluding hydrogens is 468 g/mol. The van der Waals surface area contributed by atoms with Crippen LogP contribution in [0.4, 0.5) is 10.1 Å². The lowest BCUT2D eigenvalue weighted by atomic mass is 9.93. The summed E-state index contributed by atoms with van der Waals surface area (Å²) >= 11 is 12.5. The number of amides is 1. The van der Waals surface area contributed by atoms with E-state index in [0.29, 0.717) is 46.9 Å². The lowest BCUT2D eigenvalue weighted by Gasteiger charge is -2.36. The molecule has 1 aliphatic heterocycles. The number of hydrogen-bond acceptors (Lipinski definition) is 4. The second-order valence-electron chi connectivity index (χ2n) is 8.79. The van der Waals surface area contributed by atoms with Crippen LogP contribution >= 0.6 is 23.2 Å². The number of pyridine rings is 1. The fraction of sp³-hybridized carbons (Fsp3) is 0.333. The highest BCUT2D eigenvalue weighted by atomic mass is 35.5. The molecule has 172 valence electrons. The monoisotopic (exact) mass is 489 g/mol. The van der Waals surface area contributed by atoms with Crippen molar-refractivity contribution in [1.29, 1.82) is 0 Å². The Bertz CT molecular complexity index is 1350. The Morgan fingerprint density at radius 2 is 2.03 bits per heavy atom. The molecule has 5 rings (SSSR count). The molecule has 2 heterocycles. The van der Waals surface area contributed by atoms with Gasteiger partial charge in [-0.05, 0) is 73.0 Å². The number of aromatic amines is 1. The Balaban J connectivity index is 1.36. The molecule has 2 aromatic carbocycles. The second kappa shape index (κ2) is 8.01. The first kappa shape index (κ1) is 22.2. The van der Waals surface area contributed by atoms with Gasteiger partial charge in [0.15, 0.2) is 0 Å². The molecule has 1 atom stereocenters. The highest BCUT2D eigenvalue weighted by molar-refractivity contribution is 6.35. The number of H-pyrrole nitrogens is 1. The molecule has 1 amide bonds. The molecule has 3 N–H and O–H groups in total. The van der Waals surface area contributed by atoms with E-state index in [0.717, 1.165) is 17.2 Å². The summed E-state index contributed by atoms with van der Waals surface area (Å²) in [5.74, 6) is -0.828. The minimum Gasteiger partial charge on any atom is -0.384 e. The zero-order valence-corrected chi connectivity index (χ0v) is 19.4. The number of benzene rings is 2. The van der Waals surface area contributed by atoms with Crippen LogP contribution < -0.4 is 10.9 Å². The molecule has 1 fully saturated rings. The van der Waals surface area contributed by atoms with Gasteiger partial charge in [0.1, 0.15) is 11.4 Å². The Morgan fingerprint density at radius 1 is 1.27 bits per heavy atom. The lowest BCUT2D eigenvalue weighted by Crippen LogP contribution is -2.42. The predicted molar refractivity (Wildman–Crippen MR) is 126 cm³/mol. The SMILES string of the molecule is CC1c2c(Cl)cc(Cl)cc2CCN1C(=O)CNc1cc2cc(C3(O)CC3)[nH]c(=O)c2cc1F. The third kappa shape index (κ3) is 3.98. The maximum Gasteiger partial charge on any atom is 0.256 e. The molecule has 0 saturated heterocycles. The standard InChI is InChI=1S/C24H22Cl2FN3O3/c1-12-22-13(6-15(25)9-17(22)26)2-5-30(12)21(31)11-28-19-7-14-8-20(24(33)3-4-24)29-23(32)16(14)10-18(19)27/h6-10,12,28,33H,2-5,11H2,1H3,(H,29,32).